The Balaban J connectivity index is 1.64. The Bertz CT molecular complexity index is 1100. The van der Waals surface area contributed by atoms with Crippen molar-refractivity contribution in [1.29, 1.82) is 0 Å². The minimum absolute atomic E-state index is 0.0771. The summed E-state index contributed by atoms with van der Waals surface area (Å²) in [4.78, 5) is 0. The Morgan fingerprint density at radius 2 is 1.68 bits per heavy atom. The van der Waals surface area contributed by atoms with E-state index in [2.05, 4.69) is 6.58 Å². The van der Waals surface area contributed by atoms with Gasteiger partial charge in [0.05, 0.1) is 12.7 Å². The largest absolute Gasteiger partial charge is 0.490 e. The molecule has 3 rings (SSSR count). The number of hydrogen-bond acceptors (Lipinski definition) is 3. The Hall–Kier alpha value is -3.25. The van der Waals surface area contributed by atoms with Gasteiger partial charge in [0.15, 0.2) is 23.1 Å². The minimum Gasteiger partial charge on any atom is -0.490 e. The molecule has 180 valence electrons. The number of aliphatic hydroxyl groups excluding tert-OH is 1. The zero-order chi connectivity index (χ0) is 24.5. The van der Waals surface area contributed by atoms with Crippen molar-refractivity contribution in [3.63, 3.8) is 0 Å². The van der Waals surface area contributed by atoms with Crippen molar-refractivity contribution in [2.45, 2.75) is 45.3 Å². The van der Waals surface area contributed by atoms with Crippen LogP contribution in [-0.4, -0.2) is 11.7 Å². The van der Waals surface area contributed by atoms with Crippen molar-refractivity contribution < 1.29 is 27.8 Å². The fourth-order valence-electron chi connectivity index (χ4n) is 3.50. The molecule has 0 heterocycles. The zero-order valence-electron chi connectivity index (χ0n) is 19.2. The van der Waals surface area contributed by atoms with Gasteiger partial charge in [0.1, 0.15) is 6.61 Å². The van der Waals surface area contributed by atoms with E-state index in [0.29, 0.717) is 24.0 Å². The van der Waals surface area contributed by atoms with Crippen LogP contribution in [0.3, 0.4) is 0 Å². The monoisotopic (exact) mass is 470 g/mol. The van der Waals surface area contributed by atoms with Crippen LogP contribution in [0, 0.1) is 17.5 Å². The first-order chi connectivity index (χ1) is 16.4. The summed E-state index contributed by atoms with van der Waals surface area (Å²) in [6.07, 6.45) is 3.79. The van der Waals surface area contributed by atoms with E-state index in [9.17, 15) is 18.3 Å². The lowest BCUT2D eigenvalue weighted by Crippen LogP contribution is -2.02. The van der Waals surface area contributed by atoms with E-state index in [-0.39, 0.29) is 30.3 Å². The highest BCUT2D eigenvalue weighted by Gasteiger charge is 2.16. The van der Waals surface area contributed by atoms with Crippen LogP contribution in [0.2, 0.25) is 0 Å². The summed E-state index contributed by atoms with van der Waals surface area (Å²) in [5.41, 5.74) is 1.87. The van der Waals surface area contributed by atoms with Gasteiger partial charge in [-0.1, -0.05) is 49.8 Å². The third-order valence-corrected chi connectivity index (χ3v) is 5.42. The summed E-state index contributed by atoms with van der Waals surface area (Å²) in [6.45, 7) is 5.94. The van der Waals surface area contributed by atoms with Gasteiger partial charge in [0.2, 0.25) is 5.82 Å². The third kappa shape index (κ3) is 6.41. The number of hydrogen-bond donors (Lipinski definition) is 1. The standard InChI is InChI=1S/C28H29F3O3/c1-3-5-6-16-33-26-15-13-22(27(30)28(26)31)20-10-8-19(9-11-20)18-34-25-14-12-21(17-23(25)29)24(32)7-4-2/h3,8-15,17,24,32H,1,4-7,16,18H2,2H3. The molecule has 0 aliphatic heterocycles. The van der Waals surface area contributed by atoms with Gasteiger partial charge >= 0.3 is 0 Å². The van der Waals surface area contributed by atoms with E-state index in [4.69, 9.17) is 9.47 Å². The Kier molecular flexibility index (Phi) is 9.16. The van der Waals surface area contributed by atoms with Crippen LogP contribution in [0.15, 0.2) is 67.3 Å². The van der Waals surface area contributed by atoms with Gasteiger partial charge in [0, 0.05) is 5.56 Å². The summed E-state index contributed by atoms with van der Waals surface area (Å²) in [7, 11) is 0. The van der Waals surface area contributed by atoms with E-state index in [1.165, 1.54) is 24.3 Å². The lowest BCUT2D eigenvalue weighted by Gasteiger charge is -2.13. The van der Waals surface area contributed by atoms with Gasteiger partial charge in [-0.3, -0.25) is 0 Å². The van der Waals surface area contributed by atoms with Crippen LogP contribution in [-0.2, 0) is 6.61 Å². The van der Waals surface area contributed by atoms with E-state index in [0.717, 1.165) is 18.4 Å². The number of aliphatic hydroxyl groups is 1. The molecule has 0 saturated carbocycles. The molecule has 3 nitrogen and oxygen atoms in total. The van der Waals surface area contributed by atoms with E-state index in [1.54, 1.807) is 36.4 Å². The molecule has 0 bridgehead atoms. The van der Waals surface area contributed by atoms with Gasteiger partial charge in [-0.15, -0.1) is 6.58 Å². The van der Waals surface area contributed by atoms with Crippen LogP contribution in [0.25, 0.3) is 11.1 Å². The zero-order valence-corrected chi connectivity index (χ0v) is 19.2. The van der Waals surface area contributed by atoms with E-state index in [1.807, 2.05) is 6.92 Å². The molecule has 3 aromatic carbocycles. The van der Waals surface area contributed by atoms with Crippen molar-refractivity contribution in [3.8, 4) is 22.6 Å². The molecule has 0 aliphatic rings. The molecule has 0 aliphatic carbocycles. The number of ether oxygens (including phenoxy) is 2. The maximum absolute atomic E-state index is 14.6. The average molecular weight is 471 g/mol. The fourth-order valence-corrected chi connectivity index (χ4v) is 3.50. The average Bonchev–Trinajstić information content (AvgIpc) is 2.84. The van der Waals surface area contributed by atoms with Gasteiger partial charge < -0.3 is 14.6 Å². The molecule has 34 heavy (non-hydrogen) atoms. The third-order valence-electron chi connectivity index (χ3n) is 5.42. The summed E-state index contributed by atoms with van der Waals surface area (Å²) in [5, 5.41) is 10.0. The van der Waals surface area contributed by atoms with Crippen LogP contribution in [0.1, 0.15) is 49.8 Å². The molecule has 0 aromatic heterocycles. The number of rotatable bonds is 12. The first-order valence-electron chi connectivity index (χ1n) is 11.4. The minimum atomic E-state index is -1.02. The van der Waals surface area contributed by atoms with Crippen LogP contribution in [0.5, 0.6) is 11.5 Å². The quantitative estimate of drug-likeness (QED) is 0.220. The van der Waals surface area contributed by atoms with Crippen molar-refractivity contribution in [2.75, 3.05) is 6.61 Å². The Morgan fingerprint density at radius 1 is 0.941 bits per heavy atom. The summed E-state index contributed by atoms with van der Waals surface area (Å²) < 4.78 is 54.3. The normalized spacial score (nSPS) is 11.8. The van der Waals surface area contributed by atoms with Crippen molar-refractivity contribution >= 4 is 0 Å². The van der Waals surface area contributed by atoms with Crippen LogP contribution >= 0.6 is 0 Å². The highest BCUT2D eigenvalue weighted by atomic mass is 19.2. The molecular weight excluding hydrogens is 441 g/mol. The highest BCUT2D eigenvalue weighted by Crippen LogP contribution is 2.31. The Morgan fingerprint density at radius 3 is 2.35 bits per heavy atom. The van der Waals surface area contributed by atoms with Gasteiger partial charge in [-0.2, -0.15) is 4.39 Å². The summed E-state index contributed by atoms with van der Waals surface area (Å²) in [6, 6.07) is 14.1. The molecule has 0 amide bonds. The second kappa shape index (κ2) is 12.3. The first kappa shape index (κ1) is 25.4. The second-order valence-corrected chi connectivity index (χ2v) is 8.00. The topological polar surface area (TPSA) is 38.7 Å². The fraction of sp³-hybridized carbons (Fsp3) is 0.286. The molecule has 1 N–H and O–H groups in total. The van der Waals surface area contributed by atoms with Crippen LogP contribution in [0.4, 0.5) is 13.2 Å². The maximum atomic E-state index is 14.6. The van der Waals surface area contributed by atoms with Crippen molar-refractivity contribution in [3.05, 3.63) is 95.8 Å². The molecule has 0 radical (unpaired) electrons. The second-order valence-electron chi connectivity index (χ2n) is 8.00. The number of benzene rings is 3. The molecule has 0 fully saturated rings. The van der Waals surface area contributed by atoms with E-state index < -0.39 is 23.6 Å². The number of unbranched alkanes of at least 4 members (excludes halogenated alkanes) is 1. The number of allylic oxidation sites excluding steroid dienone is 1. The lowest BCUT2D eigenvalue weighted by atomic mass is 10.0. The predicted molar refractivity (Wildman–Crippen MR) is 127 cm³/mol. The molecule has 0 saturated heterocycles. The molecule has 1 atom stereocenters. The highest BCUT2D eigenvalue weighted by molar-refractivity contribution is 5.65. The molecule has 1 unspecified atom stereocenters. The molecule has 6 heteroatoms. The molecular formula is C28H29F3O3. The van der Waals surface area contributed by atoms with Crippen molar-refractivity contribution in [1.82, 2.24) is 0 Å². The summed E-state index contributed by atoms with van der Waals surface area (Å²) in [5.74, 6) is -2.59. The SMILES string of the molecule is C=CCCCOc1ccc(-c2ccc(COc3ccc(C(O)CCC)cc3F)cc2)c(F)c1F. The Labute approximate surface area is 198 Å². The van der Waals surface area contributed by atoms with E-state index >= 15 is 0 Å². The van der Waals surface area contributed by atoms with Gasteiger partial charge in [-0.05, 0) is 60.2 Å². The van der Waals surface area contributed by atoms with Gasteiger partial charge in [-0.25, -0.2) is 8.78 Å². The van der Waals surface area contributed by atoms with Crippen LogP contribution < -0.4 is 9.47 Å². The maximum Gasteiger partial charge on any atom is 0.201 e. The van der Waals surface area contributed by atoms with Gasteiger partial charge in [0.25, 0.3) is 0 Å². The molecule has 0 spiro atoms. The first-order valence-corrected chi connectivity index (χ1v) is 11.4. The number of halogens is 3. The lowest BCUT2D eigenvalue weighted by molar-refractivity contribution is 0.165. The predicted octanol–water partition coefficient (Wildman–Crippen LogP) is 7.53. The smallest absolute Gasteiger partial charge is 0.201 e. The van der Waals surface area contributed by atoms with Crippen molar-refractivity contribution in [2.24, 2.45) is 0 Å². The summed E-state index contributed by atoms with van der Waals surface area (Å²) >= 11 is 0. The molecule has 3 aromatic rings.